The number of nitrogens with zero attached hydrogens (tertiary/aromatic N) is 2. The van der Waals surface area contributed by atoms with Gasteiger partial charge in [-0.05, 0) is 0 Å². The fraction of sp³-hybridized carbons (Fsp3) is 0.400. The Kier molecular flexibility index (Phi) is 1.41. The van der Waals surface area contributed by atoms with E-state index in [1.807, 2.05) is 0 Å². The number of rotatable bonds is 1. The lowest BCUT2D eigenvalue weighted by Gasteiger charge is -1.98. The molecule has 0 aromatic heterocycles. The number of carbonyl (C=O) groups excluding carboxylic acids is 1. The maximum Gasteiger partial charge on any atom is 0.352 e. The van der Waals surface area contributed by atoms with Gasteiger partial charge in [0.05, 0.1) is 6.42 Å². The lowest BCUT2D eigenvalue weighted by Crippen LogP contribution is -2.14. The number of carboxylic acids is 1. The summed E-state index contributed by atoms with van der Waals surface area (Å²) in [6.45, 7) is 0. The van der Waals surface area contributed by atoms with Crippen molar-refractivity contribution in [3.05, 3.63) is 0 Å². The molecule has 1 aliphatic heterocycles. The maximum absolute atomic E-state index is 10.6. The normalized spacial score (nSPS) is 17.5. The van der Waals surface area contributed by atoms with Crippen molar-refractivity contribution in [3.63, 3.8) is 0 Å². The van der Waals surface area contributed by atoms with E-state index < -0.39 is 5.97 Å². The van der Waals surface area contributed by atoms with Gasteiger partial charge in [-0.3, -0.25) is 4.79 Å². The first-order valence-corrected chi connectivity index (χ1v) is 2.68. The summed E-state index contributed by atoms with van der Waals surface area (Å²) in [5, 5.41) is 12.8. The van der Waals surface area contributed by atoms with Crippen molar-refractivity contribution in [3.8, 4) is 0 Å². The first-order valence-electron chi connectivity index (χ1n) is 2.68. The number of aliphatic carboxylic acids is 1. The molecule has 1 heterocycles. The Labute approximate surface area is 56.9 Å². The van der Waals surface area contributed by atoms with Crippen LogP contribution in [-0.2, 0) is 9.59 Å². The number of hydrogen-bond acceptors (Lipinski definition) is 3. The molecular weight excluding hydrogens is 136 g/mol. The Morgan fingerprint density at radius 3 is 2.60 bits per heavy atom. The van der Waals surface area contributed by atoms with E-state index in [4.69, 9.17) is 5.11 Å². The molecule has 0 aliphatic carbocycles. The molecule has 1 N–H and O–H groups in total. The Balaban J connectivity index is 2.77. The van der Waals surface area contributed by atoms with Crippen molar-refractivity contribution in [2.75, 3.05) is 7.05 Å². The molecule has 0 aromatic carbocycles. The van der Waals surface area contributed by atoms with Gasteiger partial charge in [0.1, 0.15) is 0 Å². The monoisotopic (exact) mass is 142 g/mol. The summed E-state index contributed by atoms with van der Waals surface area (Å²) in [6.07, 6.45) is -0.0914. The van der Waals surface area contributed by atoms with Crippen LogP contribution in [0.5, 0.6) is 0 Å². The van der Waals surface area contributed by atoms with Crippen molar-refractivity contribution < 1.29 is 14.7 Å². The topological polar surface area (TPSA) is 70.0 Å². The van der Waals surface area contributed by atoms with Crippen molar-refractivity contribution >= 4 is 17.6 Å². The van der Waals surface area contributed by atoms with Crippen molar-refractivity contribution in [1.29, 1.82) is 0 Å². The molecule has 0 bridgehead atoms. The third kappa shape index (κ3) is 0.975. The number of carbonyl (C=O) groups is 2. The molecule has 54 valence electrons. The van der Waals surface area contributed by atoms with Crippen molar-refractivity contribution in [2.24, 2.45) is 5.10 Å². The van der Waals surface area contributed by atoms with Crippen LogP contribution in [0, 0.1) is 0 Å². The summed E-state index contributed by atoms with van der Waals surface area (Å²) in [7, 11) is 1.43. The van der Waals surface area contributed by atoms with Crippen LogP contribution in [0.3, 0.4) is 0 Å². The van der Waals surface area contributed by atoms with Gasteiger partial charge < -0.3 is 5.11 Å². The van der Waals surface area contributed by atoms with Gasteiger partial charge in [0.25, 0.3) is 0 Å². The van der Waals surface area contributed by atoms with E-state index in [-0.39, 0.29) is 18.0 Å². The first kappa shape index (κ1) is 6.73. The third-order valence-electron chi connectivity index (χ3n) is 1.20. The zero-order valence-electron chi connectivity index (χ0n) is 5.37. The summed E-state index contributed by atoms with van der Waals surface area (Å²) in [4.78, 5) is 20.8. The van der Waals surface area contributed by atoms with Gasteiger partial charge in [0.2, 0.25) is 5.91 Å². The molecule has 0 atom stereocenters. The van der Waals surface area contributed by atoms with Crippen LogP contribution in [0.15, 0.2) is 5.10 Å². The minimum Gasteiger partial charge on any atom is -0.477 e. The summed E-state index contributed by atoms with van der Waals surface area (Å²) >= 11 is 0. The van der Waals surface area contributed by atoms with E-state index >= 15 is 0 Å². The molecule has 0 spiro atoms. The van der Waals surface area contributed by atoms with E-state index in [0.29, 0.717) is 0 Å². The minimum atomic E-state index is -1.13. The van der Waals surface area contributed by atoms with Gasteiger partial charge in [-0.15, -0.1) is 0 Å². The molecule has 0 aromatic rings. The second kappa shape index (κ2) is 2.09. The molecule has 0 unspecified atom stereocenters. The minimum absolute atomic E-state index is 0.0903. The predicted molar refractivity (Wildman–Crippen MR) is 32.5 cm³/mol. The Bertz CT molecular complexity index is 221. The molecule has 1 rings (SSSR count). The van der Waals surface area contributed by atoms with Gasteiger partial charge in [0, 0.05) is 7.05 Å². The quantitative estimate of drug-likeness (QED) is 0.525. The third-order valence-corrected chi connectivity index (χ3v) is 1.20. The van der Waals surface area contributed by atoms with E-state index in [2.05, 4.69) is 5.10 Å². The fourth-order valence-electron chi connectivity index (χ4n) is 0.648. The zero-order valence-corrected chi connectivity index (χ0v) is 5.37. The van der Waals surface area contributed by atoms with Crippen LogP contribution in [-0.4, -0.2) is 34.8 Å². The molecule has 5 nitrogen and oxygen atoms in total. The predicted octanol–water partition coefficient (Wildman–Crippen LogP) is -0.711. The summed E-state index contributed by atoms with van der Waals surface area (Å²) in [5.41, 5.74) is -0.0903. The van der Waals surface area contributed by atoms with E-state index in [1.165, 1.54) is 7.05 Å². The number of amides is 1. The Hall–Kier alpha value is -1.39. The number of hydrogen-bond donors (Lipinski definition) is 1. The number of carboxylic acid groups (broad SMARTS) is 1. The van der Waals surface area contributed by atoms with Crippen LogP contribution < -0.4 is 0 Å². The van der Waals surface area contributed by atoms with Crippen molar-refractivity contribution in [2.45, 2.75) is 6.42 Å². The van der Waals surface area contributed by atoms with E-state index in [9.17, 15) is 9.59 Å². The van der Waals surface area contributed by atoms with Gasteiger partial charge in [-0.25, -0.2) is 9.80 Å². The summed E-state index contributed by atoms with van der Waals surface area (Å²) in [6, 6.07) is 0. The highest BCUT2D eigenvalue weighted by Gasteiger charge is 2.24. The smallest absolute Gasteiger partial charge is 0.352 e. The van der Waals surface area contributed by atoms with Gasteiger partial charge in [-0.1, -0.05) is 0 Å². The van der Waals surface area contributed by atoms with Gasteiger partial charge >= 0.3 is 5.97 Å². The molecule has 10 heavy (non-hydrogen) atoms. The standard InChI is InChI=1S/C5H6N2O3/c1-7-4(8)2-3(6-7)5(9)10/h2H2,1H3,(H,9,10). The van der Waals surface area contributed by atoms with Crippen molar-refractivity contribution in [1.82, 2.24) is 5.01 Å². The Morgan fingerprint density at radius 2 is 2.40 bits per heavy atom. The van der Waals surface area contributed by atoms with E-state index in [1.54, 1.807) is 0 Å². The van der Waals surface area contributed by atoms with Crippen LogP contribution in [0.25, 0.3) is 0 Å². The van der Waals surface area contributed by atoms with Crippen LogP contribution in [0.4, 0.5) is 0 Å². The molecule has 1 aliphatic rings. The lowest BCUT2D eigenvalue weighted by molar-refractivity contribution is -0.130. The summed E-state index contributed by atoms with van der Waals surface area (Å²) < 4.78 is 0. The molecule has 5 heteroatoms. The molecule has 1 amide bonds. The second-order valence-electron chi connectivity index (χ2n) is 1.95. The Morgan fingerprint density at radius 1 is 1.80 bits per heavy atom. The molecule has 0 saturated carbocycles. The van der Waals surface area contributed by atoms with Crippen LogP contribution >= 0.6 is 0 Å². The van der Waals surface area contributed by atoms with Crippen LogP contribution in [0.2, 0.25) is 0 Å². The highest BCUT2D eigenvalue weighted by Crippen LogP contribution is 2.04. The van der Waals surface area contributed by atoms with Gasteiger partial charge in [-0.2, -0.15) is 5.10 Å². The second-order valence-corrected chi connectivity index (χ2v) is 1.95. The average molecular weight is 142 g/mol. The average Bonchev–Trinajstić information content (AvgIpc) is 2.13. The SMILES string of the molecule is CN1N=C(C(=O)O)CC1=O. The molecule has 0 saturated heterocycles. The lowest BCUT2D eigenvalue weighted by atomic mass is 10.3. The van der Waals surface area contributed by atoms with E-state index in [0.717, 1.165) is 5.01 Å². The largest absolute Gasteiger partial charge is 0.477 e. The van der Waals surface area contributed by atoms with Gasteiger partial charge in [0.15, 0.2) is 5.71 Å². The maximum atomic E-state index is 10.6. The highest BCUT2D eigenvalue weighted by atomic mass is 16.4. The zero-order chi connectivity index (χ0) is 7.72. The van der Waals surface area contributed by atoms with Crippen LogP contribution in [0.1, 0.15) is 6.42 Å². The highest BCUT2D eigenvalue weighted by molar-refractivity contribution is 6.40. The molecule has 0 fully saturated rings. The first-order chi connectivity index (χ1) is 4.61. The summed E-state index contributed by atoms with van der Waals surface area (Å²) in [5.74, 6) is -1.41. The fourth-order valence-corrected chi connectivity index (χ4v) is 0.648. The molecule has 0 radical (unpaired) electrons. The molecular formula is C5H6N2O3. The number of hydrazone groups is 1.